The zero-order chi connectivity index (χ0) is 16.9. The maximum Gasteiger partial charge on any atom is 0.240 e. The predicted octanol–water partition coefficient (Wildman–Crippen LogP) is 3.07. The number of carbonyl (C=O) groups is 2. The first-order valence-electron chi connectivity index (χ1n) is 7.27. The van der Waals surface area contributed by atoms with Crippen molar-refractivity contribution in [1.82, 2.24) is 5.32 Å². The third-order valence-corrected chi connectivity index (χ3v) is 4.36. The third-order valence-electron chi connectivity index (χ3n) is 3.28. The number of nitrogens with one attached hydrogen (secondary N) is 2. The highest BCUT2D eigenvalue weighted by Crippen LogP contribution is 2.25. The highest BCUT2D eigenvalue weighted by molar-refractivity contribution is 8.15. The smallest absolute Gasteiger partial charge is 0.240 e. The van der Waals surface area contributed by atoms with E-state index in [2.05, 4.69) is 15.6 Å². The summed E-state index contributed by atoms with van der Waals surface area (Å²) in [6.45, 7) is 0. The summed E-state index contributed by atoms with van der Waals surface area (Å²) in [5.41, 5.74) is 0.820. The van der Waals surface area contributed by atoms with Crippen LogP contribution in [0.3, 0.4) is 0 Å². The van der Waals surface area contributed by atoms with Gasteiger partial charge in [0, 0.05) is 6.42 Å². The lowest BCUT2D eigenvalue weighted by atomic mass is 10.2. The number of nitrogens with zero attached hydrogens (tertiary/aromatic N) is 1. The van der Waals surface area contributed by atoms with Crippen LogP contribution in [0.25, 0.3) is 0 Å². The minimum atomic E-state index is -0.584. The molecule has 1 heterocycles. The maximum atomic E-state index is 13.5. The van der Waals surface area contributed by atoms with Crippen molar-refractivity contribution >= 4 is 40.1 Å². The van der Waals surface area contributed by atoms with Gasteiger partial charge < -0.3 is 10.6 Å². The fourth-order valence-electron chi connectivity index (χ4n) is 2.14. The number of para-hydroxylation sites is 2. The molecule has 0 aliphatic carbocycles. The lowest BCUT2D eigenvalue weighted by molar-refractivity contribution is -0.122. The molecule has 5 nitrogen and oxygen atoms in total. The van der Waals surface area contributed by atoms with Crippen LogP contribution < -0.4 is 10.6 Å². The molecule has 2 amide bonds. The minimum Gasteiger partial charge on any atom is -0.324 e. The first-order valence-corrected chi connectivity index (χ1v) is 8.15. The maximum absolute atomic E-state index is 13.5. The number of aliphatic imine (C=N–C) groups is 1. The number of rotatable bonds is 4. The van der Waals surface area contributed by atoms with Crippen molar-refractivity contribution < 1.29 is 14.0 Å². The van der Waals surface area contributed by atoms with Crippen molar-refractivity contribution in [3.05, 3.63) is 60.4 Å². The molecule has 0 saturated carbocycles. The predicted molar refractivity (Wildman–Crippen MR) is 92.7 cm³/mol. The number of thioether (sulfide) groups is 1. The van der Waals surface area contributed by atoms with Crippen LogP contribution in [0.4, 0.5) is 15.8 Å². The van der Waals surface area contributed by atoms with E-state index in [-0.39, 0.29) is 18.0 Å². The van der Waals surface area contributed by atoms with Crippen LogP contribution in [-0.4, -0.2) is 22.2 Å². The lowest BCUT2D eigenvalue weighted by Crippen LogP contribution is -2.28. The molecule has 1 aliphatic heterocycles. The number of benzene rings is 2. The van der Waals surface area contributed by atoms with E-state index in [1.807, 2.05) is 30.3 Å². The minimum absolute atomic E-state index is 0.0569. The molecule has 0 aromatic heterocycles. The molecule has 7 heteroatoms. The second kappa shape index (κ2) is 7.27. The van der Waals surface area contributed by atoms with Gasteiger partial charge in [-0.25, -0.2) is 9.38 Å². The zero-order valence-corrected chi connectivity index (χ0v) is 13.3. The summed E-state index contributed by atoms with van der Waals surface area (Å²) in [5.74, 6) is -1.22. The number of hydrogen-bond acceptors (Lipinski definition) is 4. The number of anilines is 1. The molecular formula is C17H14FN3O2S. The highest BCUT2D eigenvalue weighted by Gasteiger charge is 2.32. The molecule has 2 N–H and O–H groups in total. The third kappa shape index (κ3) is 3.99. The molecule has 0 unspecified atom stereocenters. The van der Waals surface area contributed by atoms with Gasteiger partial charge in [-0.05, 0) is 24.3 Å². The number of carbonyl (C=O) groups excluding carboxylic acids is 2. The van der Waals surface area contributed by atoms with Crippen molar-refractivity contribution in [3.63, 3.8) is 0 Å². The van der Waals surface area contributed by atoms with Crippen molar-refractivity contribution in [2.45, 2.75) is 11.7 Å². The van der Waals surface area contributed by atoms with Gasteiger partial charge in [-0.15, -0.1) is 0 Å². The quantitative estimate of drug-likeness (QED) is 0.896. The van der Waals surface area contributed by atoms with Crippen LogP contribution in [0.2, 0.25) is 0 Å². The second-order valence-electron chi connectivity index (χ2n) is 5.08. The van der Waals surface area contributed by atoms with E-state index in [0.29, 0.717) is 5.17 Å². The zero-order valence-electron chi connectivity index (χ0n) is 12.5. The lowest BCUT2D eigenvalue weighted by Gasteiger charge is -2.08. The molecular weight excluding hydrogens is 329 g/mol. The topological polar surface area (TPSA) is 70.6 Å². The van der Waals surface area contributed by atoms with E-state index >= 15 is 0 Å². The molecule has 1 saturated heterocycles. The largest absolute Gasteiger partial charge is 0.324 e. The van der Waals surface area contributed by atoms with Crippen LogP contribution in [0, 0.1) is 5.82 Å². The Bertz CT molecular complexity index is 795. The normalized spacial score (nSPS) is 18.5. The van der Waals surface area contributed by atoms with Crippen molar-refractivity contribution in [2.24, 2.45) is 4.99 Å². The fourth-order valence-corrected chi connectivity index (χ4v) is 3.13. The standard InChI is InChI=1S/C17H14FN3O2S/c18-12-8-4-5-9-13(12)20-15(22)10-14-16(23)21-17(24-14)19-11-6-2-1-3-7-11/h1-9,14H,10H2,(H,20,22)(H,19,21,23)/t14-/m1/s1. The Morgan fingerprint density at radius 3 is 2.62 bits per heavy atom. The Morgan fingerprint density at radius 2 is 1.88 bits per heavy atom. The first-order chi connectivity index (χ1) is 11.6. The highest BCUT2D eigenvalue weighted by atomic mass is 32.2. The SMILES string of the molecule is O=C(C[C@H]1SC(=Nc2ccccc2)NC1=O)Nc1ccccc1F. The molecule has 2 aromatic carbocycles. The van der Waals surface area contributed by atoms with Gasteiger partial charge in [-0.2, -0.15) is 0 Å². The first kappa shape index (κ1) is 16.2. The Labute approximate surface area is 142 Å². The van der Waals surface area contributed by atoms with Crippen LogP contribution in [0.5, 0.6) is 0 Å². The van der Waals surface area contributed by atoms with Crippen LogP contribution in [0.15, 0.2) is 59.6 Å². The van der Waals surface area contributed by atoms with Gasteiger partial charge in [0.2, 0.25) is 11.8 Å². The molecule has 1 fully saturated rings. The van der Waals surface area contributed by atoms with E-state index in [0.717, 1.165) is 5.69 Å². The average molecular weight is 343 g/mol. The molecule has 0 bridgehead atoms. The molecule has 0 spiro atoms. The van der Waals surface area contributed by atoms with E-state index in [4.69, 9.17) is 0 Å². The van der Waals surface area contributed by atoms with E-state index in [1.165, 1.54) is 30.0 Å². The van der Waals surface area contributed by atoms with Gasteiger partial charge >= 0.3 is 0 Å². The van der Waals surface area contributed by atoms with Crippen LogP contribution >= 0.6 is 11.8 Å². The fraction of sp³-hybridized carbons (Fsp3) is 0.118. The molecule has 122 valence electrons. The Kier molecular flexibility index (Phi) is 4.90. The van der Waals surface area contributed by atoms with Gasteiger partial charge in [0.15, 0.2) is 5.17 Å². The van der Waals surface area contributed by atoms with Gasteiger partial charge in [-0.1, -0.05) is 42.1 Å². The van der Waals surface area contributed by atoms with E-state index < -0.39 is 17.0 Å². The number of halogens is 1. The molecule has 24 heavy (non-hydrogen) atoms. The summed E-state index contributed by atoms with van der Waals surface area (Å²) in [7, 11) is 0. The van der Waals surface area contributed by atoms with Gasteiger partial charge in [-0.3, -0.25) is 9.59 Å². The van der Waals surface area contributed by atoms with Gasteiger partial charge in [0.05, 0.1) is 11.4 Å². The van der Waals surface area contributed by atoms with Crippen molar-refractivity contribution in [3.8, 4) is 0 Å². The molecule has 1 atom stereocenters. The van der Waals surface area contributed by atoms with E-state index in [9.17, 15) is 14.0 Å². The van der Waals surface area contributed by atoms with Crippen LogP contribution in [-0.2, 0) is 9.59 Å². The summed E-state index contributed by atoms with van der Waals surface area (Å²) >= 11 is 1.19. The van der Waals surface area contributed by atoms with Crippen molar-refractivity contribution in [2.75, 3.05) is 5.32 Å². The van der Waals surface area contributed by atoms with Crippen LogP contribution in [0.1, 0.15) is 6.42 Å². The molecule has 1 aliphatic rings. The number of amidine groups is 1. The summed E-state index contributed by atoms with van der Waals surface area (Å²) in [6, 6.07) is 15.1. The summed E-state index contributed by atoms with van der Waals surface area (Å²) in [5, 5.41) is 5.00. The number of amides is 2. The second-order valence-corrected chi connectivity index (χ2v) is 6.27. The summed E-state index contributed by atoms with van der Waals surface area (Å²) in [6.07, 6.45) is -0.0569. The van der Waals surface area contributed by atoms with Crippen molar-refractivity contribution in [1.29, 1.82) is 0 Å². The summed E-state index contributed by atoms with van der Waals surface area (Å²) in [4.78, 5) is 28.3. The molecule has 2 aromatic rings. The Balaban J connectivity index is 1.62. The van der Waals surface area contributed by atoms with E-state index in [1.54, 1.807) is 6.07 Å². The molecule has 0 radical (unpaired) electrons. The Morgan fingerprint density at radius 1 is 1.17 bits per heavy atom. The average Bonchev–Trinajstić information content (AvgIpc) is 2.90. The summed E-state index contributed by atoms with van der Waals surface area (Å²) < 4.78 is 13.5. The van der Waals surface area contributed by atoms with Gasteiger partial charge in [0.25, 0.3) is 0 Å². The van der Waals surface area contributed by atoms with Gasteiger partial charge in [0.1, 0.15) is 11.1 Å². The molecule has 3 rings (SSSR count). The Hall–Kier alpha value is -2.67. The number of hydrogen-bond donors (Lipinski definition) is 2. The monoisotopic (exact) mass is 343 g/mol.